The van der Waals surface area contributed by atoms with Gasteiger partial charge in [0.2, 0.25) is 6.29 Å². The van der Waals surface area contributed by atoms with Gasteiger partial charge in [-0.05, 0) is 28.1 Å². The van der Waals surface area contributed by atoms with Crippen molar-refractivity contribution in [3.8, 4) is 5.75 Å². The molecule has 0 aromatic heterocycles. The third kappa shape index (κ3) is 2.35. The number of hydrogen-bond donors (Lipinski definition) is 0. The first-order valence-corrected chi connectivity index (χ1v) is 3.86. The van der Waals surface area contributed by atoms with Gasteiger partial charge < -0.3 is 4.74 Å². The average molecular weight is 214 g/mol. The zero-order valence-corrected chi connectivity index (χ0v) is 7.30. The number of carbonyl (C=O) groups excluding carboxylic acids is 1. The van der Waals surface area contributed by atoms with E-state index in [1.807, 2.05) is 18.2 Å². The van der Waals surface area contributed by atoms with E-state index in [2.05, 4.69) is 15.9 Å². The molecule has 3 heteroatoms. The maximum Gasteiger partial charge on any atom is 0.239 e. The molecule has 0 N–H and O–H groups in total. The molecule has 57 valence electrons. The van der Waals surface area contributed by atoms with Gasteiger partial charge in [-0.15, -0.1) is 0 Å². The quantitative estimate of drug-likeness (QED) is 0.768. The van der Waals surface area contributed by atoms with Crippen LogP contribution in [0.3, 0.4) is 0 Å². The summed E-state index contributed by atoms with van der Waals surface area (Å²) in [5, 5.41) is 0. The van der Waals surface area contributed by atoms with Crippen molar-refractivity contribution >= 4 is 22.2 Å². The van der Waals surface area contributed by atoms with Crippen LogP contribution < -0.4 is 4.74 Å². The fraction of sp³-hybridized carbons (Fsp3) is 0.125. The topological polar surface area (TPSA) is 26.3 Å². The third-order valence-corrected chi connectivity index (χ3v) is 1.78. The van der Waals surface area contributed by atoms with Gasteiger partial charge >= 0.3 is 0 Å². The van der Waals surface area contributed by atoms with Crippen LogP contribution in [-0.2, 0) is 4.79 Å². The molecule has 2 nitrogen and oxygen atoms in total. The van der Waals surface area contributed by atoms with E-state index in [1.165, 1.54) is 0 Å². The molecule has 0 amide bonds. The van der Waals surface area contributed by atoms with Gasteiger partial charge in [-0.25, -0.2) is 0 Å². The lowest BCUT2D eigenvalue weighted by atomic mass is 10.3. The number of para-hydroxylation sites is 1. The van der Waals surface area contributed by atoms with Crippen LogP contribution >= 0.6 is 15.9 Å². The number of halogens is 1. The molecule has 11 heavy (non-hydrogen) atoms. The highest BCUT2D eigenvalue weighted by Gasteiger charge is 1.96. The van der Waals surface area contributed by atoms with Crippen molar-refractivity contribution in [3.05, 3.63) is 28.7 Å². The molecule has 0 atom stereocenters. The highest BCUT2D eigenvalue weighted by molar-refractivity contribution is 9.10. The van der Waals surface area contributed by atoms with Crippen molar-refractivity contribution in [3.63, 3.8) is 0 Å². The number of hydrogen-bond acceptors (Lipinski definition) is 2. The SMILES string of the molecule is O=[C]COc1ccccc1Br. The molecule has 1 aromatic carbocycles. The van der Waals surface area contributed by atoms with Gasteiger partial charge in [0.15, 0.2) is 6.61 Å². The van der Waals surface area contributed by atoms with E-state index >= 15 is 0 Å². The van der Waals surface area contributed by atoms with Crippen molar-refractivity contribution < 1.29 is 9.53 Å². The zero-order chi connectivity index (χ0) is 8.10. The van der Waals surface area contributed by atoms with E-state index in [-0.39, 0.29) is 6.61 Å². The maximum absolute atomic E-state index is 9.82. The molecule has 0 aliphatic heterocycles. The molecule has 0 spiro atoms. The second kappa shape index (κ2) is 4.13. The Kier molecular flexibility index (Phi) is 3.11. The molecule has 0 bridgehead atoms. The second-order valence-electron chi connectivity index (χ2n) is 1.86. The van der Waals surface area contributed by atoms with E-state index in [1.54, 1.807) is 12.4 Å². The molecule has 0 fully saturated rings. The molecular weight excluding hydrogens is 208 g/mol. The van der Waals surface area contributed by atoms with Crippen LogP contribution in [0.1, 0.15) is 0 Å². The largest absolute Gasteiger partial charge is 0.484 e. The second-order valence-corrected chi connectivity index (χ2v) is 2.72. The Morgan fingerprint density at radius 2 is 2.18 bits per heavy atom. The van der Waals surface area contributed by atoms with E-state index < -0.39 is 0 Å². The average Bonchev–Trinajstić information content (AvgIpc) is 2.03. The number of ether oxygens (including phenoxy) is 1. The molecule has 1 radical (unpaired) electrons. The minimum atomic E-state index is -0.0252. The maximum atomic E-state index is 9.82. The minimum Gasteiger partial charge on any atom is -0.484 e. The third-order valence-electron chi connectivity index (χ3n) is 1.12. The summed E-state index contributed by atoms with van der Waals surface area (Å²) < 4.78 is 5.86. The molecule has 1 rings (SSSR count). The van der Waals surface area contributed by atoms with E-state index in [4.69, 9.17) is 4.74 Å². The normalized spacial score (nSPS) is 9.18. The van der Waals surface area contributed by atoms with Crippen LogP contribution in [-0.4, -0.2) is 12.9 Å². The van der Waals surface area contributed by atoms with Crippen LogP contribution in [0.4, 0.5) is 0 Å². The highest BCUT2D eigenvalue weighted by Crippen LogP contribution is 2.23. The van der Waals surface area contributed by atoms with Gasteiger partial charge in [-0.1, -0.05) is 12.1 Å². The predicted octanol–water partition coefficient (Wildman–Crippen LogP) is 1.94. The van der Waals surface area contributed by atoms with Crippen LogP contribution in [0.15, 0.2) is 28.7 Å². The summed E-state index contributed by atoms with van der Waals surface area (Å²) in [6, 6.07) is 7.34. The lowest BCUT2D eigenvalue weighted by molar-refractivity contribution is 0.363. The van der Waals surface area contributed by atoms with Gasteiger partial charge in [0, 0.05) is 0 Å². The monoisotopic (exact) mass is 213 g/mol. The lowest BCUT2D eigenvalue weighted by Gasteiger charge is -2.02. The summed E-state index contributed by atoms with van der Waals surface area (Å²) in [6.07, 6.45) is 1.65. The first-order chi connectivity index (χ1) is 5.34. The van der Waals surface area contributed by atoms with Crippen molar-refractivity contribution in [2.75, 3.05) is 6.61 Å². The standard InChI is InChI=1S/C8H6BrO2/c9-7-3-1-2-4-8(7)11-6-5-10/h1-4H,6H2. The Balaban J connectivity index is 2.69. The van der Waals surface area contributed by atoms with Gasteiger partial charge in [-0.2, -0.15) is 0 Å². The molecule has 0 aliphatic rings. The zero-order valence-electron chi connectivity index (χ0n) is 5.71. The van der Waals surface area contributed by atoms with Gasteiger partial charge in [0.1, 0.15) is 5.75 Å². The molecular formula is C8H6BrO2. The van der Waals surface area contributed by atoms with Crippen molar-refractivity contribution in [2.24, 2.45) is 0 Å². The van der Waals surface area contributed by atoms with Crippen molar-refractivity contribution in [1.82, 2.24) is 0 Å². The van der Waals surface area contributed by atoms with Crippen molar-refractivity contribution in [1.29, 1.82) is 0 Å². The molecule has 0 unspecified atom stereocenters. The van der Waals surface area contributed by atoms with Crippen LogP contribution in [0, 0.1) is 0 Å². The first-order valence-electron chi connectivity index (χ1n) is 3.07. The summed E-state index contributed by atoms with van der Waals surface area (Å²) in [5.74, 6) is 0.663. The fourth-order valence-electron chi connectivity index (χ4n) is 0.669. The summed E-state index contributed by atoms with van der Waals surface area (Å²) >= 11 is 3.27. The number of rotatable bonds is 3. The Morgan fingerprint density at radius 1 is 1.45 bits per heavy atom. The molecule has 0 aliphatic carbocycles. The Hall–Kier alpha value is -0.830. The van der Waals surface area contributed by atoms with Gasteiger partial charge in [0.05, 0.1) is 4.47 Å². The molecule has 0 heterocycles. The van der Waals surface area contributed by atoms with E-state index in [0.717, 1.165) is 4.47 Å². The summed E-state index contributed by atoms with van der Waals surface area (Å²) in [5.41, 5.74) is 0. The summed E-state index contributed by atoms with van der Waals surface area (Å²) in [7, 11) is 0. The smallest absolute Gasteiger partial charge is 0.239 e. The summed E-state index contributed by atoms with van der Waals surface area (Å²) in [4.78, 5) is 9.82. The van der Waals surface area contributed by atoms with Crippen LogP contribution in [0.2, 0.25) is 0 Å². The highest BCUT2D eigenvalue weighted by atomic mass is 79.9. The Morgan fingerprint density at radius 3 is 2.82 bits per heavy atom. The predicted molar refractivity (Wildman–Crippen MR) is 45.3 cm³/mol. The van der Waals surface area contributed by atoms with Crippen LogP contribution in [0.5, 0.6) is 5.75 Å². The first kappa shape index (κ1) is 8.27. The number of benzene rings is 1. The summed E-state index contributed by atoms with van der Waals surface area (Å²) in [6.45, 7) is -0.0252. The fourth-order valence-corrected chi connectivity index (χ4v) is 1.07. The molecule has 1 aromatic rings. The minimum absolute atomic E-state index is 0.0252. The van der Waals surface area contributed by atoms with Crippen molar-refractivity contribution in [2.45, 2.75) is 0 Å². The van der Waals surface area contributed by atoms with Crippen LogP contribution in [0.25, 0.3) is 0 Å². The molecule has 0 saturated carbocycles. The van der Waals surface area contributed by atoms with E-state index in [0.29, 0.717) is 5.75 Å². The Labute approximate surface area is 73.3 Å². The van der Waals surface area contributed by atoms with E-state index in [9.17, 15) is 4.79 Å². The van der Waals surface area contributed by atoms with Gasteiger partial charge in [0.25, 0.3) is 0 Å². The Bertz CT molecular complexity index is 248. The lowest BCUT2D eigenvalue weighted by Crippen LogP contribution is -1.97. The van der Waals surface area contributed by atoms with Gasteiger partial charge in [-0.3, -0.25) is 4.79 Å². The molecule has 0 saturated heterocycles.